The molecule has 0 spiro atoms. The average Bonchev–Trinajstić information content (AvgIpc) is 3.07. The number of amides is 5. The van der Waals surface area contributed by atoms with Crippen molar-refractivity contribution in [1.82, 2.24) is 20.0 Å². The minimum atomic E-state index is -0.691. The van der Waals surface area contributed by atoms with Gasteiger partial charge in [0.2, 0.25) is 5.91 Å². The fourth-order valence-electron chi connectivity index (χ4n) is 4.38. The van der Waals surface area contributed by atoms with Crippen LogP contribution in [0.5, 0.6) is 0 Å². The van der Waals surface area contributed by atoms with Crippen LogP contribution in [0.2, 0.25) is 0 Å². The van der Waals surface area contributed by atoms with Gasteiger partial charge in [0.05, 0.1) is 18.2 Å². The smallest absolute Gasteiger partial charge is 0.325 e. The van der Waals surface area contributed by atoms with Crippen LogP contribution >= 0.6 is 0 Å². The molecule has 3 aliphatic rings. The highest BCUT2D eigenvalue weighted by Gasteiger charge is 2.50. The van der Waals surface area contributed by atoms with Crippen LogP contribution in [0.15, 0.2) is 42.1 Å². The Morgan fingerprint density at radius 1 is 1.13 bits per heavy atom. The van der Waals surface area contributed by atoms with E-state index in [1.165, 1.54) is 4.90 Å². The Hall–Kier alpha value is -3.36. The summed E-state index contributed by atoms with van der Waals surface area (Å²) in [7, 11) is 1.73. The first-order valence-corrected chi connectivity index (χ1v) is 10.0. The molecule has 2 atom stereocenters. The number of fused-ring (bicyclic) bond motifs is 1. The molecule has 9 heteroatoms. The van der Waals surface area contributed by atoms with E-state index in [2.05, 4.69) is 5.32 Å². The number of imide groups is 1. The monoisotopic (exact) mass is 411 g/mol. The number of benzene rings is 1. The van der Waals surface area contributed by atoms with Gasteiger partial charge in [0.15, 0.2) is 0 Å². The number of nitrogens with two attached hydrogens (primary N) is 1. The third-order valence-corrected chi connectivity index (χ3v) is 6.09. The van der Waals surface area contributed by atoms with Crippen LogP contribution < -0.4 is 11.1 Å². The van der Waals surface area contributed by atoms with Crippen molar-refractivity contribution in [2.75, 3.05) is 20.1 Å². The van der Waals surface area contributed by atoms with Gasteiger partial charge in [-0.05, 0) is 18.4 Å². The van der Waals surface area contributed by atoms with E-state index in [1.807, 2.05) is 30.3 Å². The molecule has 158 valence electrons. The van der Waals surface area contributed by atoms with Gasteiger partial charge in [0.1, 0.15) is 6.04 Å². The highest BCUT2D eigenvalue weighted by atomic mass is 16.2. The maximum atomic E-state index is 13.1. The molecule has 0 saturated carbocycles. The van der Waals surface area contributed by atoms with Crippen molar-refractivity contribution in [3.05, 3.63) is 47.7 Å². The second-order valence-corrected chi connectivity index (χ2v) is 8.00. The molecule has 0 bridgehead atoms. The molecule has 0 radical (unpaired) electrons. The molecule has 2 saturated heterocycles. The summed E-state index contributed by atoms with van der Waals surface area (Å²) in [5.41, 5.74) is 6.60. The number of carbonyl (C=O) groups is 4. The Labute approximate surface area is 174 Å². The number of likely N-dealkylation sites (N-methyl/N-ethyl adjacent to an activating group) is 1. The predicted molar refractivity (Wildman–Crippen MR) is 107 cm³/mol. The number of urea groups is 1. The van der Waals surface area contributed by atoms with Crippen molar-refractivity contribution < 1.29 is 19.2 Å². The van der Waals surface area contributed by atoms with E-state index in [9.17, 15) is 19.2 Å². The lowest BCUT2D eigenvalue weighted by Gasteiger charge is -2.38. The number of nitrogens with one attached hydrogen (secondary N) is 1. The highest BCUT2D eigenvalue weighted by molar-refractivity contribution is 6.05. The van der Waals surface area contributed by atoms with Crippen molar-refractivity contribution in [3.8, 4) is 0 Å². The van der Waals surface area contributed by atoms with Crippen LogP contribution in [0.3, 0.4) is 0 Å². The number of piperidine rings is 1. The summed E-state index contributed by atoms with van der Waals surface area (Å²) in [5.74, 6) is -1.11. The number of carbonyl (C=O) groups excluding carboxylic acids is 4. The van der Waals surface area contributed by atoms with Gasteiger partial charge in [-0.25, -0.2) is 4.79 Å². The van der Waals surface area contributed by atoms with Crippen LogP contribution in [0.4, 0.5) is 4.79 Å². The Kier molecular flexibility index (Phi) is 5.19. The molecule has 1 aromatic rings. The number of hydrogen-bond acceptors (Lipinski definition) is 5. The third kappa shape index (κ3) is 3.51. The summed E-state index contributed by atoms with van der Waals surface area (Å²) in [6.07, 6.45) is 2.69. The number of primary amides is 1. The van der Waals surface area contributed by atoms with Crippen molar-refractivity contribution in [3.63, 3.8) is 0 Å². The molecule has 2 fully saturated rings. The summed E-state index contributed by atoms with van der Waals surface area (Å²) >= 11 is 0. The number of likely N-dealkylation sites (tertiary alicyclic amines) is 1. The van der Waals surface area contributed by atoms with E-state index in [4.69, 9.17) is 5.73 Å². The molecule has 4 rings (SSSR count). The summed E-state index contributed by atoms with van der Waals surface area (Å²) in [6, 6.07) is 7.43. The predicted octanol–water partition coefficient (Wildman–Crippen LogP) is 0.0288. The van der Waals surface area contributed by atoms with Gasteiger partial charge >= 0.3 is 6.03 Å². The third-order valence-electron chi connectivity index (χ3n) is 6.09. The minimum absolute atomic E-state index is 0.173. The van der Waals surface area contributed by atoms with E-state index >= 15 is 0 Å². The highest BCUT2D eigenvalue weighted by Crippen LogP contribution is 2.29. The Balaban J connectivity index is 1.47. The number of nitrogens with zero attached hydrogens (tertiary/aromatic N) is 3. The van der Waals surface area contributed by atoms with Crippen molar-refractivity contribution in [2.45, 2.75) is 31.5 Å². The molecule has 0 aliphatic carbocycles. The SMILES string of the molecule is CN1C=C(C(=O)N2CCC(C(N)=O)CC2)C2NC(=O)N(Cc3ccccc3)C(=O)C21. The van der Waals surface area contributed by atoms with Crippen LogP contribution in [-0.4, -0.2) is 70.7 Å². The van der Waals surface area contributed by atoms with Gasteiger partial charge in [-0.15, -0.1) is 0 Å². The summed E-state index contributed by atoms with van der Waals surface area (Å²) < 4.78 is 0. The summed E-state index contributed by atoms with van der Waals surface area (Å²) in [4.78, 5) is 54.8. The van der Waals surface area contributed by atoms with E-state index in [-0.39, 0.29) is 30.2 Å². The zero-order valence-corrected chi connectivity index (χ0v) is 16.8. The first-order valence-electron chi connectivity index (χ1n) is 10.0. The van der Waals surface area contributed by atoms with Gasteiger partial charge in [-0.1, -0.05) is 30.3 Å². The molecule has 3 N–H and O–H groups in total. The molecule has 5 amide bonds. The fourth-order valence-corrected chi connectivity index (χ4v) is 4.38. The van der Waals surface area contributed by atoms with E-state index < -0.39 is 18.1 Å². The molecule has 2 unspecified atom stereocenters. The van der Waals surface area contributed by atoms with E-state index in [0.29, 0.717) is 31.5 Å². The minimum Gasteiger partial charge on any atom is -0.369 e. The fraction of sp³-hybridized carbons (Fsp3) is 0.429. The lowest BCUT2D eigenvalue weighted by atomic mass is 9.94. The zero-order chi connectivity index (χ0) is 21.4. The molecule has 3 aliphatic heterocycles. The molecular formula is C21H25N5O4. The van der Waals surface area contributed by atoms with Gasteiger partial charge in [0.25, 0.3) is 11.8 Å². The largest absolute Gasteiger partial charge is 0.369 e. The number of rotatable bonds is 4. The van der Waals surface area contributed by atoms with E-state index in [0.717, 1.165) is 5.56 Å². The summed E-state index contributed by atoms with van der Waals surface area (Å²) in [6.45, 7) is 1.02. The Bertz CT molecular complexity index is 907. The first-order chi connectivity index (χ1) is 14.4. The van der Waals surface area contributed by atoms with Crippen LogP contribution in [0.25, 0.3) is 0 Å². The van der Waals surface area contributed by atoms with Gasteiger partial charge < -0.3 is 20.9 Å². The van der Waals surface area contributed by atoms with Gasteiger partial charge in [-0.2, -0.15) is 0 Å². The molecular weight excluding hydrogens is 386 g/mol. The van der Waals surface area contributed by atoms with Crippen molar-refractivity contribution in [2.24, 2.45) is 11.7 Å². The van der Waals surface area contributed by atoms with Crippen LogP contribution in [0, 0.1) is 5.92 Å². The van der Waals surface area contributed by atoms with Crippen LogP contribution in [0.1, 0.15) is 18.4 Å². The Morgan fingerprint density at radius 3 is 2.43 bits per heavy atom. The van der Waals surface area contributed by atoms with E-state index in [1.54, 1.807) is 23.0 Å². The maximum Gasteiger partial charge on any atom is 0.325 e. The average molecular weight is 411 g/mol. The molecule has 0 aromatic heterocycles. The van der Waals surface area contributed by atoms with Gasteiger partial charge in [0, 0.05) is 32.3 Å². The van der Waals surface area contributed by atoms with Crippen LogP contribution in [-0.2, 0) is 20.9 Å². The normalized spacial score (nSPS) is 24.4. The van der Waals surface area contributed by atoms with Crippen molar-refractivity contribution >= 4 is 23.8 Å². The molecule has 30 heavy (non-hydrogen) atoms. The lowest BCUT2D eigenvalue weighted by molar-refractivity contribution is -0.135. The Morgan fingerprint density at radius 2 is 1.80 bits per heavy atom. The summed E-state index contributed by atoms with van der Waals surface area (Å²) in [5, 5.41) is 2.84. The maximum absolute atomic E-state index is 13.1. The molecule has 9 nitrogen and oxygen atoms in total. The molecule has 3 heterocycles. The standard InChI is InChI=1S/C21H25N5O4/c1-24-12-15(19(28)25-9-7-14(8-10-25)18(22)27)16-17(24)20(29)26(21(30)23-16)11-13-5-3-2-4-6-13/h2-6,12,14,16-17H,7-11H2,1H3,(H2,22,27)(H,23,30). The number of hydrogen-bond donors (Lipinski definition) is 2. The topological polar surface area (TPSA) is 116 Å². The van der Waals surface area contributed by atoms with Crippen molar-refractivity contribution in [1.29, 1.82) is 0 Å². The molecule has 1 aromatic carbocycles. The first kappa shape index (κ1) is 19.9. The van der Waals surface area contributed by atoms with Gasteiger partial charge in [-0.3, -0.25) is 19.3 Å². The zero-order valence-electron chi connectivity index (χ0n) is 16.8. The quantitative estimate of drug-likeness (QED) is 0.725. The second-order valence-electron chi connectivity index (χ2n) is 8.00. The lowest BCUT2D eigenvalue weighted by Crippen LogP contribution is -2.64. The second kappa shape index (κ2) is 7.81.